The third kappa shape index (κ3) is 5.47. The lowest BCUT2D eigenvalue weighted by Gasteiger charge is -2.23. The lowest BCUT2D eigenvalue weighted by Crippen LogP contribution is -2.46. The van der Waals surface area contributed by atoms with Gasteiger partial charge in [-0.1, -0.05) is 12.8 Å². The molecule has 0 aromatic heterocycles. The number of ether oxygens (including phenoxy) is 1. The highest BCUT2D eigenvalue weighted by atomic mass is 32.2. The Hall–Kier alpha value is -2.79. The molecule has 10 nitrogen and oxygen atoms in total. The number of esters is 1. The zero-order valence-corrected chi connectivity index (χ0v) is 20.6. The summed E-state index contributed by atoms with van der Waals surface area (Å²) < 4.78 is 32.1. The molecule has 1 aromatic carbocycles. The smallest absolute Gasteiger partial charge is 0.329 e. The number of carbonyl (C=O) groups excluding carboxylic acids is 4. The lowest BCUT2D eigenvalue weighted by atomic mass is 9.81. The van der Waals surface area contributed by atoms with Crippen LogP contribution < -0.4 is 10.0 Å². The highest BCUT2D eigenvalue weighted by molar-refractivity contribution is 7.89. The SMILES string of the molecule is CC(C)NS(=O)(=O)c1ccc(NC(=O)[C@H](C)OC(=O)[C@H](C)N2C(=O)[C@H]3CCCC[C@@H]3C2=O)cc1. The molecule has 2 N–H and O–H groups in total. The van der Waals surface area contributed by atoms with Gasteiger partial charge in [-0.2, -0.15) is 0 Å². The van der Waals surface area contributed by atoms with Gasteiger partial charge >= 0.3 is 5.97 Å². The van der Waals surface area contributed by atoms with Gasteiger partial charge < -0.3 is 10.1 Å². The Morgan fingerprint density at radius 2 is 1.50 bits per heavy atom. The average molecular weight is 494 g/mol. The molecular formula is C23H31N3O7S. The fraction of sp³-hybridized carbons (Fsp3) is 0.565. The van der Waals surface area contributed by atoms with Crippen molar-refractivity contribution in [1.29, 1.82) is 0 Å². The van der Waals surface area contributed by atoms with E-state index in [-0.39, 0.29) is 34.6 Å². The van der Waals surface area contributed by atoms with Crippen molar-refractivity contribution in [3.05, 3.63) is 24.3 Å². The Labute approximate surface area is 199 Å². The normalized spacial score (nSPS) is 22.3. The van der Waals surface area contributed by atoms with Gasteiger partial charge in [0.05, 0.1) is 16.7 Å². The third-order valence-electron chi connectivity index (χ3n) is 6.09. The van der Waals surface area contributed by atoms with E-state index in [1.54, 1.807) is 13.8 Å². The van der Waals surface area contributed by atoms with E-state index in [9.17, 15) is 27.6 Å². The molecule has 4 atom stereocenters. The van der Waals surface area contributed by atoms with Gasteiger partial charge in [0.1, 0.15) is 6.04 Å². The number of benzene rings is 1. The van der Waals surface area contributed by atoms with Crippen LogP contribution in [0.1, 0.15) is 53.4 Å². The molecule has 0 radical (unpaired) electrons. The molecule has 1 heterocycles. The summed E-state index contributed by atoms with van der Waals surface area (Å²) in [6, 6.07) is 4.16. The molecule has 2 aliphatic rings. The topological polar surface area (TPSA) is 139 Å². The Morgan fingerprint density at radius 1 is 0.971 bits per heavy atom. The van der Waals surface area contributed by atoms with Gasteiger partial charge in [0.25, 0.3) is 5.91 Å². The monoisotopic (exact) mass is 493 g/mol. The maximum atomic E-state index is 12.7. The number of anilines is 1. The molecule has 11 heteroatoms. The average Bonchev–Trinajstić information content (AvgIpc) is 3.03. The molecule has 1 aromatic rings. The summed E-state index contributed by atoms with van der Waals surface area (Å²) in [6.07, 6.45) is 1.84. The second kappa shape index (κ2) is 10.2. The van der Waals surface area contributed by atoms with Crippen LogP contribution in [0.15, 0.2) is 29.2 Å². The van der Waals surface area contributed by atoms with Crippen molar-refractivity contribution in [2.75, 3.05) is 5.32 Å². The molecule has 0 spiro atoms. The summed E-state index contributed by atoms with van der Waals surface area (Å²) in [6.45, 7) is 6.21. The summed E-state index contributed by atoms with van der Waals surface area (Å²) in [5.74, 6) is -2.93. The summed E-state index contributed by atoms with van der Waals surface area (Å²) >= 11 is 0. The Morgan fingerprint density at radius 3 is 2.00 bits per heavy atom. The standard InChI is InChI=1S/C23H31N3O7S/c1-13(2)25-34(31,32)17-11-9-16(10-12-17)24-20(27)15(4)33-23(30)14(3)26-21(28)18-7-5-6-8-19(18)22(26)29/h9-15,18-19,25H,5-8H2,1-4H3,(H,24,27)/t14-,15-,18-,19-/m0/s1. The largest absolute Gasteiger partial charge is 0.451 e. The molecule has 1 saturated heterocycles. The minimum atomic E-state index is -3.66. The third-order valence-corrected chi connectivity index (χ3v) is 7.76. The van der Waals surface area contributed by atoms with E-state index in [0.29, 0.717) is 18.5 Å². The zero-order valence-electron chi connectivity index (χ0n) is 19.7. The first-order chi connectivity index (χ1) is 15.9. The van der Waals surface area contributed by atoms with Crippen LogP contribution in [0, 0.1) is 11.8 Å². The van der Waals surface area contributed by atoms with E-state index in [2.05, 4.69) is 10.0 Å². The summed E-state index contributed by atoms with van der Waals surface area (Å²) in [5.41, 5.74) is 0.318. The van der Waals surface area contributed by atoms with E-state index in [0.717, 1.165) is 17.7 Å². The van der Waals surface area contributed by atoms with Crippen molar-refractivity contribution in [3.8, 4) is 0 Å². The second-order valence-electron chi connectivity index (χ2n) is 9.09. The molecule has 2 fully saturated rings. The number of nitrogens with zero attached hydrogens (tertiary/aromatic N) is 1. The number of carbonyl (C=O) groups is 4. The van der Waals surface area contributed by atoms with Crippen molar-refractivity contribution in [3.63, 3.8) is 0 Å². The molecule has 34 heavy (non-hydrogen) atoms. The van der Waals surface area contributed by atoms with Crippen LogP contribution in [-0.4, -0.2) is 55.2 Å². The van der Waals surface area contributed by atoms with Crippen LogP contribution in [-0.2, 0) is 33.9 Å². The number of amides is 3. The van der Waals surface area contributed by atoms with E-state index in [1.807, 2.05) is 0 Å². The van der Waals surface area contributed by atoms with Crippen molar-refractivity contribution in [2.24, 2.45) is 11.8 Å². The highest BCUT2D eigenvalue weighted by Crippen LogP contribution is 2.39. The van der Waals surface area contributed by atoms with Gasteiger partial charge in [-0.15, -0.1) is 0 Å². The molecule has 0 bridgehead atoms. The Kier molecular flexibility index (Phi) is 7.77. The molecule has 1 aliphatic heterocycles. The molecule has 1 aliphatic carbocycles. The molecule has 3 rings (SSSR count). The quantitative estimate of drug-likeness (QED) is 0.416. The van der Waals surface area contributed by atoms with E-state index >= 15 is 0 Å². The minimum absolute atomic E-state index is 0.0491. The Balaban J connectivity index is 1.58. The van der Waals surface area contributed by atoms with Crippen LogP contribution in [0.5, 0.6) is 0 Å². The number of nitrogens with one attached hydrogen (secondary N) is 2. The van der Waals surface area contributed by atoms with Gasteiger partial charge in [0, 0.05) is 11.7 Å². The lowest BCUT2D eigenvalue weighted by molar-refractivity contribution is -0.163. The van der Waals surface area contributed by atoms with E-state index in [4.69, 9.17) is 4.74 Å². The summed E-state index contributed by atoms with van der Waals surface area (Å²) in [4.78, 5) is 51.5. The maximum Gasteiger partial charge on any atom is 0.329 e. The van der Waals surface area contributed by atoms with Gasteiger partial charge in [-0.05, 0) is 64.8 Å². The van der Waals surface area contributed by atoms with Gasteiger partial charge in [-0.25, -0.2) is 17.9 Å². The maximum absolute atomic E-state index is 12.7. The molecule has 3 amide bonds. The number of likely N-dealkylation sites (tertiary alicyclic amines) is 1. The van der Waals surface area contributed by atoms with Crippen molar-refractivity contribution in [2.45, 2.75) is 76.5 Å². The molecule has 186 valence electrons. The van der Waals surface area contributed by atoms with Crippen LogP contribution in [0.25, 0.3) is 0 Å². The van der Waals surface area contributed by atoms with Crippen LogP contribution in [0.3, 0.4) is 0 Å². The first-order valence-electron chi connectivity index (χ1n) is 11.4. The van der Waals surface area contributed by atoms with Gasteiger partial charge in [0.15, 0.2) is 6.10 Å². The zero-order chi connectivity index (χ0) is 25.2. The summed E-state index contributed by atoms with van der Waals surface area (Å²) in [5, 5.41) is 2.55. The number of imide groups is 1. The number of fused-ring (bicyclic) bond motifs is 1. The number of rotatable bonds is 8. The predicted molar refractivity (Wildman–Crippen MR) is 123 cm³/mol. The number of sulfonamides is 1. The number of hydrogen-bond donors (Lipinski definition) is 2. The fourth-order valence-electron chi connectivity index (χ4n) is 4.34. The Bertz CT molecular complexity index is 1040. The second-order valence-corrected chi connectivity index (χ2v) is 10.8. The van der Waals surface area contributed by atoms with E-state index < -0.39 is 34.0 Å². The first-order valence-corrected chi connectivity index (χ1v) is 12.9. The minimum Gasteiger partial charge on any atom is -0.451 e. The molecule has 1 saturated carbocycles. The van der Waals surface area contributed by atoms with Crippen LogP contribution in [0.2, 0.25) is 0 Å². The molecular weight excluding hydrogens is 462 g/mol. The van der Waals surface area contributed by atoms with Gasteiger partial charge in [0.2, 0.25) is 21.8 Å². The predicted octanol–water partition coefficient (Wildman–Crippen LogP) is 1.81. The van der Waals surface area contributed by atoms with Crippen LogP contribution in [0.4, 0.5) is 5.69 Å². The van der Waals surface area contributed by atoms with Crippen molar-refractivity contribution in [1.82, 2.24) is 9.62 Å². The van der Waals surface area contributed by atoms with Crippen molar-refractivity contribution < 1.29 is 32.3 Å². The van der Waals surface area contributed by atoms with Gasteiger partial charge in [-0.3, -0.25) is 19.3 Å². The number of hydrogen-bond acceptors (Lipinski definition) is 7. The van der Waals surface area contributed by atoms with E-state index in [1.165, 1.54) is 38.1 Å². The van der Waals surface area contributed by atoms with Crippen LogP contribution >= 0.6 is 0 Å². The fourth-order valence-corrected chi connectivity index (χ4v) is 5.59. The summed E-state index contributed by atoms with van der Waals surface area (Å²) in [7, 11) is -3.66. The molecule has 0 unspecified atom stereocenters. The first kappa shape index (κ1) is 25.8. The van der Waals surface area contributed by atoms with Crippen molar-refractivity contribution >= 4 is 39.4 Å². The highest BCUT2D eigenvalue weighted by Gasteiger charge is 2.51.